The number of thioether (sulfide) groups is 1. The molecule has 0 aliphatic carbocycles. The molecule has 0 radical (unpaired) electrons. The fourth-order valence-electron chi connectivity index (χ4n) is 5.58. The first kappa shape index (κ1) is 26.9. The number of benzene rings is 6. The lowest BCUT2D eigenvalue weighted by Gasteiger charge is -2.15. The first-order chi connectivity index (χ1) is 20.1. The summed E-state index contributed by atoms with van der Waals surface area (Å²) < 4.78 is 0. The highest BCUT2D eigenvalue weighted by atomic mass is 32.2. The Bertz CT molecular complexity index is 1760. The lowest BCUT2D eigenvalue weighted by atomic mass is 9.92. The summed E-state index contributed by atoms with van der Waals surface area (Å²) in [6.45, 7) is 6.64. The Hall–Kier alpha value is -4.27. The molecule has 0 aromatic heterocycles. The number of fused-ring (bicyclic) bond motifs is 2. The zero-order valence-electron chi connectivity index (χ0n) is 23.8. The van der Waals surface area contributed by atoms with E-state index in [1.807, 2.05) is 11.8 Å². The molecule has 0 amide bonds. The fraction of sp³-hybridized carbons (Fsp3) is 0.128. The molecular formula is C39H35NS. The summed E-state index contributed by atoms with van der Waals surface area (Å²) >= 11 is 1.89. The Morgan fingerprint density at radius 2 is 1.24 bits per heavy atom. The molecule has 2 unspecified atom stereocenters. The van der Waals surface area contributed by atoms with Gasteiger partial charge < -0.3 is 5.32 Å². The summed E-state index contributed by atoms with van der Waals surface area (Å²) in [5.74, 6) is 0.441. The number of hydrogen-bond acceptors (Lipinski definition) is 2. The molecule has 202 valence electrons. The van der Waals surface area contributed by atoms with Crippen LogP contribution in [0, 0.1) is 13.8 Å². The molecule has 2 heteroatoms. The van der Waals surface area contributed by atoms with Gasteiger partial charge in [-0.1, -0.05) is 146 Å². The largest absolute Gasteiger partial charge is 0.368 e. The number of anilines is 1. The van der Waals surface area contributed by atoms with Crippen molar-refractivity contribution in [1.82, 2.24) is 0 Å². The van der Waals surface area contributed by atoms with E-state index in [1.165, 1.54) is 60.3 Å². The molecule has 2 atom stereocenters. The highest BCUT2D eigenvalue weighted by molar-refractivity contribution is 8.00. The number of nitrogens with one attached hydrogen (secondary N) is 1. The van der Waals surface area contributed by atoms with Crippen LogP contribution < -0.4 is 5.32 Å². The summed E-state index contributed by atoms with van der Waals surface area (Å²) in [5.41, 5.74) is 10.6. The van der Waals surface area contributed by atoms with Gasteiger partial charge in [-0.25, -0.2) is 0 Å². The van der Waals surface area contributed by atoms with Crippen LogP contribution >= 0.6 is 11.8 Å². The van der Waals surface area contributed by atoms with E-state index in [0.29, 0.717) is 11.3 Å². The van der Waals surface area contributed by atoms with Gasteiger partial charge >= 0.3 is 0 Å². The molecule has 1 nitrogen and oxygen atoms in total. The van der Waals surface area contributed by atoms with Crippen molar-refractivity contribution in [3.8, 4) is 11.1 Å². The van der Waals surface area contributed by atoms with Crippen molar-refractivity contribution in [2.24, 2.45) is 0 Å². The molecule has 0 bridgehead atoms. The summed E-state index contributed by atoms with van der Waals surface area (Å²) in [6.07, 6.45) is 0. The van der Waals surface area contributed by atoms with Gasteiger partial charge in [0.15, 0.2) is 0 Å². The van der Waals surface area contributed by atoms with Crippen LogP contribution in [0.1, 0.15) is 46.0 Å². The van der Waals surface area contributed by atoms with Crippen LogP contribution in [0.4, 0.5) is 5.69 Å². The molecule has 1 aliphatic rings. The summed E-state index contributed by atoms with van der Waals surface area (Å²) in [7, 11) is 0. The van der Waals surface area contributed by atoms with Crippen molar-refractivity contribution >= 4 is 28.2 Å². The van der Waals surface area contributed by atoms with Gasteiger partial charge in [0.25, 0.3) is 0 Å². The zero-order chi connectivity index (χ0) is 28.2. The second-order valence-corrected chi connectivity index (χ2v) is 11.9. The minimum atomic E-state index is 0.303. The Kier molecular flexibility index (Phi) is 7.93. The standard InChI is InChI=1S/C21H19NS.C18H16/c1-14-7-3-4-8-17(14)18-12-11-16(13-15(18)2)21-22-19-9-5-6-10-20(19)23-21;1-14(15-7-3-2-4-8-15)17-12-11-16-9-5-6-10-18(16)13-17/h3-13,21-22H,1-2H3;2-14H,1H3. The van der Waals surface area contributed by atoms with Gasteiger partial charge in [0.1, 0.15) is 5.37 Å². The van der Waals surface area contributed by atoms with Crippen molar-refractivity contribution in [1.29, 1.82) is 0 Å². The van der Waals surface area contributed by atoms with Crippen LogP contribution in [-0.4, -0.2) is 0 Å². The van der Waals surface area contributed by atoms with Gasteiger partial charge in [0.05, 0.1) is 0 Å². The van der Waals surface area contributed by atoms with Gasteiger partial charge in [-0.2, -0.15) is 0 Å². The van der Waals surface area contributed by atoms with E-state index in [9.17, 15) is 0 Å². The second-order valence-electron chi connectivity index (χ2n) is 10.8. The highest BCUT2D eigenvalue weighted by Crippen LogP contribution is 2.46. The Balaban J connectivity index is 0.000000152. The third kappa shape index (κ3) is 5.94. The van der Waals surface area contributed by atoms with Crippen molar-refractivity contribution in [3.63, 3.8) is 0 Å². The minimum absolute atomic E-state index is 0.303. The Morgan fingerprint density at radius 1 is 0.561 bits per heavy atom. The van der Waals surface area contributed by atoms with Crippen LogP contribution in [0.5, 0.6) is 0 Å². The lowest BCUT2D eigenvalue weighted by molar-refractivity contribution is 0.925. The average molecular weight is 550 g/mol. The van der Waals surface area contributed by atoms with Gasteiger partial charge in [0, 0.05) is 16.5 Å². The Morgan fingerprint density at radius 3 is 2.02 bits per heavy atom. The van der Waals surface area contributed by atoms with Crippen LogP contribution in [0.15, 0.2) is 144 Å². The van der Waals surface area contributed by atoms with Gasteiger partial charge in [0.2, 0.25) is 0 Å². The second kappa shape index (κ2) is 12.1. The lowest BCUT2D eigenvalue weighted by Crippen LogP contribution is -2.01. The third-order valence-corrected chi connectivity index (χ3v) is 9.22. The number of hydrogen-bond donors (Lipinski definition) is 1. The number of aryl methyl sites for hydroxylation is 2. The van der Waals surface area contributed by atoms with Crippen molar-refractivity contribution in [2.45, 2.75) is 37.0 Å². The van der Waals surface area contributed by atoms with Crippen LogP contribution in [0.2, 0.25) is 0 Å². The van der Waals surface area contributed by atoms with E-state index in [1.54, 1.807) is 0 Å². The molecule has 1 N–H and O–H groups in total. The van der Waals surface area contributed by atoms with Gasteiger partial charge in [-0.3, -0.25) is 0 Å². The maximum Gasteiger partial charge on any atom is 0.103 e. The quantitative estimate of drug-likeness (QED) is 0.235. The molecule has 6 aromatic rings. The van der Waals surface area contributed by atoms with E-state index < -0.39 is 0 Å². The van der Waals surface area contributed by atoms with Crippen LogP contribution in [0.3, 0.4) is 0 Å². The van der Waals surface area contributed by atoms with E-state index in [2.05, 4.69) is 166 Å². The SMILES string of the molecule is CC(c1ccccc1)c1ccc2ccccc2c1.Cc1ccccc1-c1ccc(C2Nc3ccccc3S2)cc1C. The third-order valence-electron chi connectivity index (χ3n) is 7.98. The van der Waals surface area contributed by atoms with Crippen LogP contribution in [-0.2, 0) is 0 Å². The molecule has 0 fully saturated rings. The topological polar surface area (TPSA) is 12.0 Å². The molecule has 1 aliphatic heterocycles. The van der Waals surface area contributed by atoms with E-state index in [4.69, 9.17) is 0 Å². The van der Waals surface area contributed by atoms with Crippen molar-refractivity contribution in [2.75, 3.05) is 5.32 Å². The predicted molar refractivity (Wildman–Crippen MR) is 178 cm³/mol. The first-order valence-electron chi connectivity index (χ1n) is 14.3. The monoisotopic (exact) mass is 549 g/mol. The highest BCUT2D eigenvalue weighted by Gasteiger charge is 2.22. The summed E-state index contributed by atoms with van der Waals surface area (Å²) in [4.78, 5) is 1.33. The fourth-order valence-corrected chi connectivity index (χ4v) is 6.71. The van der Waals surface area contributed by atoms with Gasteiger partial charge in [-0.05, 0) is 75.7 Å². The smallest absolute Gasteiger partial charge is 0.103 e. The normalized spacial score (nSPS) is 14.5. The van der Waals surface area contributed by atoms with E-state index in [-0.39, 0.29) is 0 Å². The predicted octanol–water partition coefficient (Wildman–Crippen LogP) is 11.2. The maximum absolute atomic E-state index is 3.61. The maximum atomic E-state index is 3.61. The summed E-state index contributed by atoms with van der Waals surface area (Å²) in [5, 5.41) is 6.54. The van der Waals surface area contributed by atoms with E-state index in [0.717, 1.165) is 0 Å². The molecule has 41 heavy (non-hydrogen) atoms. The van der Waals surface area contributed by atoms with Crippen molar-refractivity contribution in [3.05, 3.63) is 167 Å². The minimum Gasteiger partial charge on any atom is -0.368 e. The molecule has 6 aromatic carbocycles. The number of para-hydroxylation sites is 1. The van der Waals surface area contributed by atoms with Crippen LogP contribution in [0.25, 0.3) is 21.9 Å². The Labute approximate surface area is 248 Å². The van der Waals surface area contributed by atoms with E-state index >= 15 is 0 Å². The zero-order valence-corrected chi connectivity index (χ0v) is 24.7. The molecule has 0 saturated heterocycles. The molecule has 7 rings (SSSR count). The summed E-state index contributed by atoms with van der Waals surface area (Å²) in [6, 6.07) is 49.9. The molecule has 0 spiro atoms. The van der Waals surface area contributed by atoms with Gasteiger partial charge in [-0.15, -0.1) is 0 Å². The molecule has 0 saturated carbocycles. The number of rotatable bonds is 4. The molecule has 1 heterocycles. The average Bonchev–Trinajstić information content (AvgIpc) is 3.46. The van der Waals surface area contributed by atoms with Crippen molar-refractivity contribution < 1.29 is 0 Å². The molecular weight excluding hydrogens is 515 g/mol. The first-order valence-corrected chi connectivity index (χ1v) is 15.2.